The van der Waals surface area contributed by atoms with E-state index in [9.17, 15) is 9.59 Å². The van der Waals surface area contributed by atoms with E-state index in [1.807, 2.05) is 12.1 Å². The number of nitrogens with zero attached hydrogens (tertiary/aromatic N) is 1. The van der Waals surface area contributed by atoms with Crippen molar-refractivity contribution in [2.75, 3.05) is 5.32 Å². The van der Waals surface area contributed by atoms with Crippen molar-refractivity contribution in [3.63, 3.8) is 0 Å². The maximum Gasteiger partial charge on any atom is 0.322 e. The number of nitrogens with one attached hydrogen (secondary N) is 1. The quantitative estimate of drug-likeness (QED) is 0.696. The summed E-state index contributed by atoms with van der Waals surface area (Å²) in [5, 5.41) is 2.68. The second-order valence-corrected chi connectivity index (χ2v) is 5.77. The number of ether oxygens (including phenoxy) is 1. The Morgan fingerprint density at radius 3 is 2.43 bits per heavy atom. The molecule has 1 aliphatic rings. The van der Waals surface area contributed by atoms with Crippen molar-refractivity contribution < 1.29 is 14.3 Å². The smallest absolute Gasteiger partial charge is 0.322 e. The van der Waals surface area contributed by atoms with Gasteiger partial charge in [-0.2, -0.15) is 0 Å². The van der Waals surface area contributed by atoms with Crippen LogP contribution in [0.15, 0.2) is 48.8 Å². The fraction of sp³-hybridized carbons (Fsp3) is 0.278. The molecule has 23 heavy (non-hydrogen) atoms. The fourth-order valence-corrected chi connectivity index (χ4v) is 2.80. The number of benzene rings is 1. The van der Waals surface area contributed by atoms with Gasteiger partial charge in [0.05, 0.1) is 5.41 Å². The standard InChI is InChI=1S/C18H18N2O3/c1-13(21)20-15-5-7-16(8-6-15)23-17(22)18(9-3-10-18)14-4-2-11-19-12-14/h2,4-8,11-12H,3,9-10H2,1H3,(H,20,21). The van der Waals surface area contributed by atoms with Crippen LogP contribution in [0.3, 0.4) is 0 Å². The molecule has 0 aliphatic heterocycles. The van der Waals surface area contributed by atoms with E-state index < -0.39 is 5.41 Å². The van der Waals surface area contributed by atoms with Gasteiger partial charge in [-0.15, -0.1) is 0 Å². The zero-order valence-corrected chi connectivity index (χ0v) is 12.9. The molecule has 1 fully saturated rings. The molecule has 118 valence electrons. The summed E-state index contributed by atoms with van der Waals surface area (Å²) in [5.74, 6) is 0.0861. The summed E-state index contributed by atoms with van der Waals surface area (Å²) in [6.45, 7) is 1.45. The van der Waals surface area contributed by atoms with Crippen molar-refractivity contribution >= 4 is 17.6 Å². The highest BCUT2D eigenvalue weighted by Gasteiger charge is 2.47. The molecule has 5 heteroatoms. The Hall–Kier alpha value is -2.69. The maximum atomic E-state index is 12.7. The van der Waals surface area contributed by atoms with Crippen LogP contribution in [-0.2, 0) is 15.0 Å². The first-order valence-electron chi connectivity index (χ1n) is 7.61. The third kappa shape index (κ3) is 3.08. The van der Waals surface area contributed by atoms with Crippen LogP contribution >= 0.6 is 0 Å². The largest absolute Gasteiger partial charge is 0.426 e. The lowest BCUT2D eigenvalue weighted by atomic mass is 9.65. The SMILES string of the molecule is CC(=O)Nc1ccc(OC(=O)C2(c3cccnc3)CCC2)cc1. The van der Waals surface area contributed by atoms with Gasteiger partial charge in [-0.1, -0.05) is 12.5 Å². The number of amides is 1. The minimum atomic E-state index is -0.579. The highest BCUT2D eigenvalue weighted by Crippen LogP contribution is 2.44. The number of pyridine rings is 1. The molecule has 3 rings (SSSR count). The van der Waals surface area contributed by atoms with Crippen LogP contribution in [0.5, 0.6) is 5.75 Å². The Balaban J connectivity index is 1.74. The van der Waals surface area contributed by atoms with Crippen LogP contribution in [-0.4, -0.2) is 16.9 Å². The molecule has 1 aliphatic carbocycles. The lowest BCUT2D eigenvalue weighted by Gasteiger charge is -2.39. The Morgan fingerprint density at radius 2 is 1.91 bits per heavy atom. The van der Waals surface area contributed by atoms with Crippen molar-refractivity contribution in [1.82, 2.24) is 4.98 Å². The minimum absolute atomic E-state index is 0.139. The molecular formula is C18H18N2O3. The van der Waals surface area contributed by atoms with Crippen LogP contribution in [0.25, 0.3) is 0 Å². The third-order valence-electron chi connectivity index (χ3n) is 4.20. The normalized spacial score (nSPS) is 15.3. The summed E-state index contributed by atoms with van der Waals surface area (Å²) in [7, 11) is 0. The Bertz CT molecular complexity index is 707. The van der Waals surface area contributed by atoms with Gasteiger partial charge in [0.1, 0.15) is 5.75 Å². The lowest BCUT2D eigenvalue weighted by Crippen LogP contribution is -2.45. The highest BCUT2D eigenvalue weighted by molar-refractivity contribution is 5.89. The molecule has 0 unspecified atom stereocenters. The second-order valence-electron chi connectivity index (χ2n) is 5.77. The van der Waals surface area contributed by atoms with Crippen LogP contribution in [0.1, 0.15) is 31.7 Å². The average Bonchev–Trinajstić information content (AvgIpc) is 2.49. The highest BCUT2D eigenvalue weighted by atomic mass is 16.5. The topological polar surface area (TPSA) is 68.3 Å². The molecule has 1 N–H and O–H groups in total. The summed E-state index contributed by atoms with van der Waals surface area (Å²) in [5.41, 5.74) is 0.999. The zero-order chi connectivity index (χ0) is 16.3. The van der Waals surface area contributed by atoms with Crippen molar-refractivity contribution in [2.24, 2.45) is 0 Å². The van der Waals surface area contributed by atoms with E-state index >= 15 is 0 Å². The first kappa shape index (κ1) is 15.2. The fourth-order valence-electron chi connectivity index (χ4n) is 2.80. The molecule has 5 nitrogen and oxygen atoms in total. The predicted octanol–water partition coefficient (Wildman–Crippen LogP) is 3.07. The van der Waals surface area contributed by atoms with Crippen LogP contribution in [0.4, 0.5) is 5.69 Å². The second kappa shape index (κ2) is 6.20. The summed E-state index contributed by atoms with van der Waals surface area (Å²) >= 11 is 0. The number of hydrogen-bond acceptors (Lipinski definition) is 4. The van der Waals surface area contributed by atoms with E-state index in [0.29, 0.717) is 11.4 Å². The molecule has 2 aromatic rings. The summed E-state index contributed by atoms with van der Waals surface area (Å²) in [6.07, 6.45) is 6.00. The molecule has 1 aromatic carbocycles. The van der Waals surface area contributed by atoms with Crippen molar-refractivity contribution in [2.45, 2.75) is 31.6 Å². The van der Waals surface area contributed by atoms with Gasteiger partial charge in [0.15, 0.2) is 0 Å². The van der Waals surface area contributed by atoms with E-state index in [-0.39, 0.29) is 11.9 Å². The number of carbonyl (C=O) groups is 2. The number of aromatic nitrogens is 1. The zero-order valence-electron chi connectivity index (χ0n) is 12.9. The average molecular weight is 310 g/mol. The maximum absolute atomic E-state index is 12.7. The van der Waals surface area contributed by atoms with Crippen molar-refractivity contribution in [3.05, 3.63) is 54.4 Å². The van der Waals surface area contributed by atoms with Gasteiger partial charge in [0.2, 0.25) is 5.91 Å². The van der Waals surface area contributed by atoms with Crippen LogP contribution in [0.2, 0.25) is 0 Å². The van der Waals surface area contributed by atoms with Crippen molar-refractivity contribution in [3.8, 4) is 5.75 Å². The van der Waals surface area contributed by atoms with Crippen LogP contribution in [0, 0.1) is 0 Å². The summed E-state index contributed by atoms with van der Waals surface area (Å²) in [4.78, 5) is 27.8. The Morgan fingerprint density at radius 1 is 1.17 bits per heavy atom. The van der Waals surface area contributed by atoms with Crippen molar-refractivity contribution in [1.29, 1.82) is 0 Å². The monoisotopic (exact) mass is 310 g/mol. The lowest BCUT2D eigenvalue weighted by molar-refractivity contribution is -0.144. The summed E-state index contributed by atoms with van der Waals surface area (Å²) < 4.78 is 5.56. The molecule has 1 amide bonds. The number of anilines is 1. The predicted molar refractivity (Wildman–Crippen MR) is 86.1 cm³/mol. The van der Waals surface area contributed by atoms with E-state index in [1.54, 1.807) is 36.7 Å². The van der Waals surface area contributed by atoms with E-state index in [1.165, 1.54) is 6.92 Å². The van der Waals surface area contributed by atoms with E-state index in [0.717, 1.165) is 24.8 Å². The first-order chi connectivity index (χ1) is 11.1. The molecule has 0 atom stereocenters. The molecular weight excluding hydrogens is 292 g/mol. The summed E-state index contributed by atoms with van der Waals surface area (Å²) in [6, 6.07) is 10.5. The van der Waals surface area contributed by atoms with Gasteiger partial charge in [0.25, 0.3) is 0 Å². The number of hydrogen-bond donors (Lipinski definition) is 1. The molecule has 0 bridgehead atoms. The Kier molecular flexibility index (Phi) is 4.10. The first-order valence-corrected chi connectivity index (χ1v) is 7.61. The van der Waals surface area contributed by atoms with Gasteiger partial charge in [-0.3, -0.25) is 14.6 Å². The van der Waals surface area contributed by atoms with Gasteiger partial charge in [-0.05, 0) is 48.7 Å². The van der Waals surface area contributed by atoms with E-state index in [2.05, 4.69) is 10.3 Å². The van der Waals surface area contributed by atoms with E-state index in [4.69, 9.17) is 4.74 Å². The molecule has 1 heterocycles. The van der Waals surface area contributed by atoms with Gasteiger partial charge in [-0.25, -0.2) is 0 Å². The van der Waals surface area contributed by atoms with Gasteiger partial charge < -0.3 is 10.1 Å². The Labute approximate surface area is 134 Å². The molecule has 0 spiro atoms. The molecule has 0 saturated heterocycles. The minimum Gasteiger partial charge on any atom is -0.426 e. The van der Waals surface area contributed by atoms with Gasteiger partial charge in [0, 0.05) is 25.0 Å². The van der Waals surface area contributed by atoms with Crippen LogP contribution < -0.4 is 10.1 Å². The number of esters is 1. The molecule has 0 radical (unpaired) electrons. The molecule has 1 saturated carbocycles. The number of carbonyl (C=O) groups excluding carboxylic acids is 2. The third-order valence-corrected chi connectivity index (χ3v) is 4.20. The molecule has 1 aromatic heterocycles. The van der Waals surface area contributed by atoms with Gasteiger partial charge >= 0.3 is 5.97 Å². The number of rotatable bonds is 4.